The minimum atomic E-state index is -0.389. The number of anilines is 1. The van der Waals surface area contributed by atoms with Gasteiger partial charge in [0.1, 0.15) is 6.54 Å². The molecule has 2 aliphatic rings. The predicted octanol–water partition coefficient (Wildman–Crippen LogP) is 2.39. The fourth-order valence-corrected chi connectivity index (χ4v) is 3.71. The molecule has 3 amide bonds. The molecule has 27 heavy (non-hydrogen) atoms. The molecule has 0 radical (unpaired) electrons. The van der Waals surface area contributed by atoms with Crippen LogP contribution < -0.4 is 5.32 Å². The lowest BCUT2D eigenvalue weighted by atomic mass is 10.1. The Bertz CT molecular complexity index is 846. The summed E-state index contributed by atoms with van der Waals surface area (Å²) in [4.78, 5) is 40.5. The third-order valence-electron chi connectivity index (χ3n) is 5.09. The summed E-state index contributed by atoms with van der Waals surface area (Å²) < 4.78 is 0. The van der Waals surface area contributed by atoms with E-state index in [1.165, 1.54) is 0 Å². The Morgan fingerprint density at radius 3 is 2.26 bits per heavy atom. The van der Waals surface area contributed by atoms with E-state index in [-0.39, 0.29) is 30.3 Å². The summed E-state index contributed by atoms with van der Waals surface area (Å²) in [7, 11) is 0. The van der Waals surface area contributed by atoms with E-state index in [0.717, 1.165) is 23.4 Å². The van der Waals surface area contributed by atoms with E-state index < -0.39 is 0 Å². The Kier molecular flexibility index (Phi) is 4.62. The number of para-hydroxylation sites is 1. The Morgan fingerprint density at radius 2 is 1.59 bits per heavy atom. The third kappa shape index (κ3) is 3.43. The average Bonchev–Trinajstić information content (AvgIpc) is 2.94. The molecule has 1 unspecified atom stereocenters. The van der Waals surface area contributed by atoms with Gasteiger partial charge in [0.25, 0.3) is 11.8 Å². The lowest BCUT2D eigenvalue weighted by Crippen LogP contribution is -2.49. The number of rotatable bonds is 4. The lowest BCUT2D eigenvalue weighted by Gasteiger charge is -2.34. The quantitative estimate of drug-likeness (QED) is 0.847. The number of imide groups is 1. The molecular weight excluding hydrogens is 342 g/mol. The molecule has 0 spiro atoms. The normalized spacial score (nSPS) is 19.2. The van der Waals surface area contributed by atoms with Crippen molar-refractivity contribution in [1.82, 2.24) is 9.80 Å². The molecule has 1 saturated heterocycles. The largest absolute Gasteiger partial charge is 0.381 e. The third-order valence-corrected chi connectivity index (χ3v) is 5.09. The van der Waals surface area contributed by atoms with Crippen molar-refractivity contribution in [3.63, 3.8) is 0 Å². The van der Waals surface area contributed by atoms with Gasteiger partial charge in [-0.3, -0.25) is 19.3 Å². The summed E-state index contributed by atoms with van der Waals surface area (Å²) in [6.07, 6.45) is 1.87. The number of fused-ring (bicyclic) bond motifs is 1. The molecule has 2 aliphatic heterocycles. The van der Waals surface area contributed by atoms with E-state index in [2.05, 4.69) is 5.32 Å². The molecule has 138 valence electrons. The highest BCUT2D eigenvalue weighted by molar-refractivity contribution is 6.22. The molecule has 1 fully saturated rings. The summed E-state index contributed by atoms with van der Waals surface area (Å²) in [6.45, 7) is 1.01. The van der Waals surface area contributed by atoms with Gasteiger partial charge in [0.2, 0.25) is 5.91 Å². The van der Waals surface area contributed by atoms with E-state index >= 15 is 0 Å². The van der Waals surface area contributed by atoms with Crippen LogP contribution in [0, 0.1) is 0 Å². The van der Waals surface area contributed by atoms with Crippen LogP contribution in [-0.2, 0) is 4.79 Å². The number of carbonyl (C=O) groups is 3. The molecule has 4 rings (SSSR count). The van der Waals surface area contributed by atoms with Gasteiger partial charge in [-0.25, -0.2) is 0 Å². The van der Waals surface area contributed by atoms with Crippen molar-refractivity contribution < 1.29 is 14.4 Å². The van der Waals surface area contributed by atoms with Gasteiger partial charge in [-0.15, -0.1) is 0 Å². The van der Waals surface area contributed by atoms with Crippen LogP contribution in [0.4, 0.5) is 5.69 Å². The Balaban J connectivity index is 1.40. The molecule has 2 aromatic rings. The number of hydrogen-bond acceptors (Lipinski definition) is 4. The molecule has 2 aromatic carbocycles. The van der Waals surface area contributed by atoms with Gasteiger partial charge in [0.15, 0.2) is 0 Å². The average molecular weight is 363 g/mol. The van der Waals surface area contributed by atoms with E-state index in [1.54, 1.807) is 29.2 Å². The predicted molar refractivity (Wildman–Crippen MR) is 101 cm³/mol. The summed E-state index contributed by atoms with van der Waals surface area (Å²) in [5, 5.41) is 3.45. The molecule has 2 heterocycles. The minimum absolute atomic E-state index is 0.160. The summed E-state index contributed by atoms with van der Waals surface area (Å²) in [6, 6.07) is 16.8. The fraction of sp³-hybridized carbons (Fsp3) is 0.286. The molecule has 1 atom stereocenters. The Labute approximate surface area is 157 Å². The Morgan fingerprint density at radius 1 is 0.963 bits per heavy atom. The first-order chi connectivity index (χ1) is 13.1. The molecule has 0 aromatic heterocycles. The number of likely N-dealkylation sites (tertiary alicyclic amines) is 1. The SMILES string of the molecule is O=C(CN1C(=O)c2ccccc2C1=O)N1CCCC(Nc2ccccc2)C1. The van der Waals surface area contributed by atoms with Gasteiger partial charge in [-0.05, 0) is 37.1 Å². The van der Waals surface area contributed by atoms with Crippen molar-refractivity contribution in [3.05, 3.63) is 65.7 Å². The Hall–Kier alpha value is -3.15. The highest BCUT2D eigenvalue weighted by Gasteiger charge is 2.37. The zero-order chi connectivity index (χ0) is 18.8. The molecule has 0 saturated carbocycles. The van der Waals surface area contributed by atoms with E-state index in [0.29, 0.717) is 24.2 Å². The van der Waals surface area contributed by atoms with Crippen molar-refractivity contribution in [2.75, 3.05) is 25.0 Å². The van der Waals surface area contributed by atoms with Crippen LogP contribution in [0.3, 0.4) is 0 Å². The fourth-order valence-electron chi connectivity index (χ4n) is 3.71. The second-order valence-electron chi connectivity index (χ2n) is 6.93. The van der Waals surface area contributed by atoms with Crippen LogP contribution in [0.25, 0.3) is 0 Å². The van der Waals surface area contributed by atoms with Gasteiger partial charge < -0.3 is 10.2 Å². The highest BCUT2D eigenvalue weighted by Crippen LogP contribution is 2.23. The number of amides is 3. The van der Waals surface area contributed by atoms with Crippen LogP contribution in [0.15, 0.2) is 54.6 Å². The molecule has 6 heteroatoms. The molecule has 0 aliphatic carbocycles. The first-order valence-electron chi connectivity index (χ1n) is 9.18. The van der Waals surface area contributed by atoms with Crippen molar-refractivity contribution in [2.45, 2.75) is 18.9 Å². The van der Waals surface area contributed by atoms with E-state index in [4.69, 9.17) is 0 Å². The maximum Gasteiger partial charge on any atom is 0.262 e. The molecule has 0 bridgehead atoms. The van der Waals surface area contributed by atoms with Gasteiger partial charge in [-0.2, -0.15) is 0 Å². The van der Waals surface area contributed by atoms with Gasteiger partial charge >= 0.3 is 0 Å². The molecular formula is C21H21N3O3. The first-order valence-corrected chi connectivity index (χ1v) is 9.18. The first kappa shape index (κ1) is 17.3. The van der Waals surface area contributed by atoms with Crippen LogP contribution in [0.2, 0.25) is 0 Å². The van der Waals surface area contributed by atoms with Crippen molar-refractivity contribution >= 4 is 23.4 Å². The smallest absolute Gasteiger partial charge is 0.262 e. The molecule has 1 N–H and O–H groups in total. The monoisotopic (exact) mass is 363 g/mol. The minimum Gasteiger partial charge on any atom is -0.381 e. The van der Waals surface area contributed by atoms with Crippen LogP contribution >= 0.6 is 0 Å². The number of benzene rings is 2. The second-order valence-corrected chi connectivity index (χ2v) is 6.93. The zero-order valence-corrected chi connectivity index (χ0v) is 14.9. The summed E-state index contributed by atoms with van der Waals surface area (Å²) in [5.74, 6) is -0.969. The van der Waals surface area contributed by atoms with Crippen LogP contribution in [0.5, 0.6) is 0 Å². The lowest BCUT2D eigenvalue weighted by molar-refractivity contribution is -0.132. The zero-order valence-electron chi connectivity index (χ0n) is 14.9. The summed E-state index contributed by atoms with van der Waals surface area (Å²) in [5.41, 5.74) is 1.77. The van der Waals surface area contributed by atoms with Gasteiger partial charge in [0.05, 0.1) is 11.1 Å². The topological polar surface area (TPSA) is 69.7 Å². The number of carbonyl (C=O) groups excluding carboxylic acids is 3. The maximum atomic E-state index is 12.7. The highest BCUT2D eigenvalue weighted by atomic mass is 16.2. The van der Waals surface area contributed by atoms with Crippen molar-refractivity contribution in [2.24, 2.45) is 0 Å². The number of hydrogen-bond donors (Lipinski definition) is 1. The van der Waals surface area contributed by atoms with E-state index in [9.17, 15) is 14.4 Å². The van der Waals surface area contributed by atoms with Crippen molar-refractivity contribution in [1.29, 1.82) is 0 Å². The maximum absolute atomic E-state index is 12.7. The van der Waals surface area contributed by atoms with Gasteiger partial charge in [0, 0.05) is 24.8 Å². The van der Waals surface area contributed by atoms with Gasteiger partial charge in [-0.1, -0.05) is 30.3 Å². The van der Waals surface area contributed by atoms with Crippen molar-refractivity contribution in [3.8, 4) is 0 Å². The van der Waals surface area contributed by atoms with Crippen LogP contribution in [0.1, 0.15) is 33.6 Å². The molecule has 6 nitrogen and oxygen atoms in total. The standard InChI is InChI=1S/C21H21N3O3/c25-19(14-24-20(26)17-10-4-5-11-18(17)21(24)27)23-12-6-9-16(13-23)22-15-7-2-1-3-8-15/h1-5,7-8,10-11,16,22H,6,9,12-14H2. The number of nitrogens with one attached hydrogen (secondary N) is 1. The second kappa shape index (κ2) is 7.23. The van der Waals surface area contributed by atoms with Crippen LogP contribution in [-0.4, -0.2) is 53.2 Å². The number of nitrogens with zero attached hydrogens (tertiary/aromatic N) is 2. The van der Waals surface area contributed by atoms with E-state index in [1.807, 2.05) is 30.3 Å². The summed E-state index contributed by atoms with van der Waals surface area (Å²) >= 11 is 0. The number of piperidine rings is 1.